The third-order valence-electron chi connectivity index (χ3n) is 3.76. The lowest BCUT2D eigenvalue weighted by Gasteiger charge is -2.16. The first-order valence-electron chi connectivity index (χ1n) is 7.47. The molecule has 6 nitrogen and oxygen atoms in total. The molecule has 0 saturated heterocycles. The van der Waals surface area contributed by atoms with E-state index in [-0.39, 0.29) is 24.1 Å². The summed E-state index contributed by atoms with van der Waals surface area (Å²) in [6, 6.07) is 7.78. The van der Waals surface area contributed by atoms with E-state index in [0.717, 1.165) is 17.7 Å². The maximum absolute atomic E-state index is 12.0. The maximum Gasteiger partial charge on any atom is 0.273 e. The lowest BCUT2D eigenvalue weighted by Crippen LogP contribution is -2.35. The summed E-state index contributed by atoms with van der Waals surface area (Å²) in [7, 11) is 0. The number of aliphatic hydroxyl groups excluding tert-OH is 1. The Morgan fingerprint density at radius 1 is 1.45 bits per heavy atom. The second-order valence-electron chi connectivity index (χ2n) is 5.55. The highest BCUT2D eigenvalue weighted by molar-refractivity contribution is 5.91. The summed E-state index contributed by atoms with van der Waals surface area (Å²) >= 11 is 0. The Bertz CT molecular complexity index is 639. The number of aryl methyl sites for hydroxylation is 1. The summed E-state index contributed by atoms with van der Waals surface area (Å²) in [6.45, 7) is 6.16. The summed E-state index contributed by atoms with van der Waals surface area (Å²) in [4.78, 5) is 12.0. The molecule has 0 aliphatic heterocycles. The quantitative estimate of drug-likeness (QED) is 0.851. The van der Waals surface area contributed by atoms with Gasteiger partial charge in [0, 0.05) is 6.54 Å². The van der Waals surface area contributed by atoms with Crippen molar-refractivity contribution in [2.45, 2.75) is 33.3 Å². The van der Waals surface area contributed by atoms with Crippen molar-refractivity contribution in [2.75, 3.05) is 6.54 Å². The van der Waals surface area contributed by atoms with Crippen molar-refractivity contribution in [2.24, 2.45) is 5.92 Å². The third kappa shape index (κ3) is 3.92. The van der Waals surface area contributed by atoms with Crippen molar-refractivity contribution in [1.82, 2.24) is 20.3 Å². The molecule has 2 atom stereocenters. The van der Waals surface area contributed by atoms with E-state index in [1.165, 1.54) is 0 Å². The van der Waals surface area contributed by atoms with Crippen molar-refractivity contribution >= 4 is 5.91 Å². The number of carbonyl (C=O) groups is 1. The van der Waals surface area contributed by atoms with Crippen LogP contribution in [0.15, 0.2) is 30.5 Å². The maximum atomic E-state index is 12.0. The number of carbonyl (C=O) groups excluding carboxylic acids is 1. The van der Waals surface area contributed by atoms with Gasteiger partial charge in [0.1, 0.15) is 0 Å². The predicted octanol–water partition coefficient (Wildman–Crippen LogP) is 1.71. The summed E-state index contributed by atoms with van der Waals surface area (Å²) in [5, 5.41) is 20.4. The van der Waals surface area contributed by atoms with Gasteiger partial charge in [-0.2, -0.15) is 0 Å². The largest absolute Gasteiger partial charge is 0.391 e. The van der Waals surface area contributed by atoms with Gasteiger partial charge >= 0.3 is 0 Å². The second-order valence-corrected chi connectivity index (χ2v) is 5.55. The molecule has 6 heteroatoms. The standard InChI is InChI=1S/C16H22N4O2/c1-4-12(3)15(21)9-17-16(22)14-10-20(19-18-14)13-7-5-6-11(2)8-13/h5-8,10,12,15,21H,4,9H2,1-3H3,(H,17,22). The molecule has 0 fully saturated rings. The van der Waals surface area contributed by atoms with Crippen LogP contribution in [0.4, 0.5) is 0 Å². The van der Waals surface area contributed by atoms with Gasteiger partial charge in [-0.1, -0.05) is 37.6 Å². The molecule has 0 saturated carbocycles. The molecule has 1 aromatic heterocycles. The number of nitrogens with zero attached hydrogens (tertiary/aromatic N) is 3. The molecule has 0 spiro atoms. The Morgan fingerprint density at radius 2 is 2.23 bits per heavy atom. The zero-order valence-corrected chi connectivity index (χ0v) is 13.2. The third-order valence-corrected chi connectivity index (χ3v) is 3.76. The normalized spacial score (nSPS) is 13.6. The zero-order chi connectivity index (χ0) is 16.1. The van der Waals surface area contributed by atoms with Crippen LogP contribution in [0.2, 0.25) is 0 Å². The first-order valence-corrected chi connectivity index (χ1v) is 7.47. The van der Waals surface area contributed by atoms with Gasteiger partial charge in [-0.3, -0.25) is 4.79 Å². The molecule has 2 aromatic rings. The number of amides is 1. The Labute approximate surface area is 130 Å². The molecule has 1 heterocycles. The minimum atomic E-state index is -0.555. The molecular weight excluding hydrogens is 280 g/mol. The van der Waals surface area contributed by atoms with Crippen LogP contribution in [0.1, 0.15) is 36.3 Å². The molecule has 0 bridgehead atoms. The summed E-state index contributed by atoms with van der Waals surface area (Å²) in [6.07, 6.45) is 1.89. The zero-order valence-electron chi connectivity index (χ0n) is 13.2. The Hall–Kier alpha value is -2.21. The van der Waals surface area contributed by atoms with Crippen LogP contribution in [0, 0.1) is 12.8 Å². The fraction of sp³-hybridized carbons (Fsp3) is 0.438. The van der Waals surface area contributed by atoms with Crippen LogP contribution < -0.4 is 5.32 Å². The molecule has 118 valence electrons. The average Bonchev–Trinajstić information content (AvgIpc) is 3.01. The smallest absolute Gasteiger partial charge is 0.273 e. The van der Waals surface area contributed by atoms with E-state index < -0.39 is 6.10 Å². The fourth-order valence-electron chi connectivity index (χ4n) is 2.03. The van der Waals surface area contributed by atoms with Crippen LogP contribution >= 0.6 is 0 Å². The van der Waals surface area contributed by atoms with Crippen molar-refractivity contribution in [1.29, 1.82) is 0 Å². The summed E-state index contributed by atoms with van der Waals surface area (Å²) in [5.41, 5.74) is 2.19. The van der Waals surface area contributed by atoms with Crippen molar-refractivity contribution in [3.63, 3.8) is 0 Å². The van der Waals surface area contributed by atoms with Gasteiger partial charge in [0.25, 0.3) is 5.91 Å². The van der Waals surface area contributed by atoms with Gasteiger partial charge in [-0.15, -0.1) is 5.10 Å². The molecule has 0 radical (unpaired) electrons. The number of rotatable bonds is 6. The number of aliphatic hydroxyl groups is 1. The minimum Gasteiger partial charge on any atom is -0.391 e. The first-order chi connectivity index (χ1) is 10.5. The van der Waals surface area contributed by atoms with Gasteiger partial charge in [0.2, 0.25) is 0 Å². The summed E-state index contributed by atoms with van der Waals surface area (Å²) < 4.78 is 1.56. The van der Waals surface area contributed by atoms with E-state index in [0.29, 0.717) is 0 Å². The molecule has 0 aliphatic rings. The number of hydrogen-bond acceptors (Lipinski definition) is 4. The van der Waals surface area contributed by atoms with Crippen LogP contribution in [-0.4, -0.2) is 38.7 Å². The average molecular weight is 302 g/mol. The van der Waals surface area contributed by atoms with Crippen molar-refractivity contribution in [3.8, 4) is 5.69 Å². The van der Waals surface area contributed by atoms with E-state index in [2.05, 4.69) is 15.6 Å². The fourth-order valence-corrected chi connectivity index (χ4v) is 2.03. The minimum absolute atomic E-state index is 0.142. The van der Waals surface area contributed by atoms with E-state index >= 15 is 0 Å². The Balaban J connectivity index is 2.00. The molecule has 2 rings (SSSR count). The molecule has 2 N–H and O–H groups in total. The van der Waals surface area contributed by atoms with Crippen LogP contribution in [0.3, 0.4) is 0 Å². The summed E-state index contributed by atoms with van der Waals surface area (Å²) in [5.74, 6) is -0.190. The van der Waals surface area contributed by atoms with E-state index in [1.54, 1.807) is 10.9 Å². The van der Waals surface area contributed by atoms with Crippen molar-refractivity contribution < 1.29 is 9.90 Å². The number of benzene rings is 1. The highest BCUT2D eigenvalue weighted by atomic mass is 16.3. The lowest BCUT2D eigenvalue weighted by molar-refractivity contribution is 0.0846. The van der Waals surface area contributed by atoms with E-state index in [1.807, 2.05) is 45.0 Å². The number of nitrogens with one attached hydrogen (secondary N) is 1. The Morgan fingerprint density at radius 3 is 2.91 bits per heavy atom. The van der Waals surface area contributed by atoms with Crippen molar-refractivity contribution in [3.05, 3.63) is 41.7 Å². The van der Waals surface area contributed by atoms with Crippen LogP contribution in [0.5, 0.6) is 0 Å². The molecule has 22 heavy (non-hydrogen) atoms. The van der Waals surface area contributed by atoms with Gasteiger partial charge in [0.15, 0.2) is 5.69 Å². The molecule has 1 aromatic carbocycles. The molecule has 0 aliphatic carbocycles. The van der Waals surface area contributed by atoms with Gasteiger partial charge in [-0.25, -0.2) is 4.68 Å². The second kappa shape index (κ2) is 7.17. The highest BCUT2D eigenvalue weighted by Gasteiger charge is 2.16. The predicted molar refractivity (Wildman–Crippen MR) is 83.9 cm³/mol. The SMILES string of the molecule is CCC(C)C(O)CNC(=O)c1cn(-c2cccc(C)c2)nn1. The molecule has 1 amide bonds. The van der Waals surface area contributed by atoms with Crippen LogP contribution in [0.25, 0.3) is 5.69 Å². The Kier molecular flexibility index (Phi) is 5.27. The highest BCUT2D eigenvalue weighted by Crippen LogP contribution is 2.09. The number of hydrogen-bond donors (Lipinski definition) is 2. The first kappa shape index (κ1) is 16.2. The van der Waals surface area contributed by atoms with E-state index in [9.17, 15) is 9.90 Å². The van der Waals surface area contributed by atoms with Gasteiger partial charge in [-0.05, 0) is 30.5 Å². The monoisotopic (exact) mass is 302 g/mol. The molecule has 2 unspecified atom stereocenters. The van der Waals surface area contributed by atoms with E-state index in [4.69, 9.17) is 0 Å². The van der Waals surface area contributed by atoms with Gasteiger partial charge < -0.3 is 10.4 Å². The lowest BCUT2D eigenvalue weighted by atomic mass is 10.0. The van der Waals surface area contributed by atoms with Gasteiger partial charge in [0.05, 0.1) is 18.0 Å². The van der Waals surface area contributed by atoms with Crippen LogP contribution in [-0.2, 0) is 0 Å². The molecular formula is C16H22N4O2. The number of aromatic nitrogens is 3. The topological polar surface area (TPSA) is 80.0 Å².